The summed E-state index contributed by atoms with van der Waals surface area (Å²) in [6, 6.07) is 7.29. The highest BCUT2D eigenvalue weighted by Gasteiger charge is 2.48. The monoisotopic (exact) mass is 526 g/mol. The average molecular weight is 526 g/mol. The van der Waals surface area contributed by atoms with Crippen LogP contribution in [0.5, 0.6) is 0 Å². The van der Waals surface area contributed by atoms with Gasteiger partial charge in [-0.05, 0) is 43.5 Å². The van der Waals surface area contributed by atoms with Gasteiger partial charge in [0.1, 0.15) is 11.9 Å². The number of allylic oxidation sites excluding steroid dienone is 1. The number of nitrogens with two attached hydrogens (primary N) is 1. The molecule has 10 nitrogen and oxygen atoms in total. The molecule has 1 aromatic heterocycles. The fourth-order valence-electron chi connectivity index (χ4n) is 5.42. The van der Waals surface area contributed by atoms with Gasteiger partial charge in [-0.15, -0.1) is 4.59 Å². The number of rotatable bonds is 4. The Kier molecular flexibility index (Phi) is 5.58. The molecule has 6 rings (SSSR count). The number of aromatic nitrogens is 1. The summed E-state index contributed by atoms with van der Waals surface area (Å²) in [5.41, 5.74) is 1.13. The number of halogens is 3. The lowest BCUT2D eigenvalue weighted by Crippen LogP contribution is -2.53. The number of aliphatic imine (C=N–C) groups is 2. The van der Waals surface area contributed by atoms with Crippen LogP contribution in [0.25, 0.3) is 0 Å². The van der Waals surface area contributed by atoms with E-state index in [1.54, 1.807) is 30.7 Å². The quantitative estimate of drug-likeness (QED) is 0.465. The topological polar surface area (TPSA) is 126 Å². The molecule has 2 aromatic rings. The molecule has 4 aliphatic rings. The van der Waals surface area contributed by atoms with Gasteiger partial charge in [0, 0.05) is 36.6 Å². The Hall–Kier alpha value is -4.10. The van der Waals surface area contributed by atoms with E-state index in [0.29, 0.717) is 36.5 Å². The van der Waals surface area contributed by atoms with Crippen molar-refractivity contribution in [3.8, 4) is 0 Å². The molecule has 2 saturated heterocycles. The normalized spacial score (nSPS) is 26.5. The average Bonchev–Trinajstić information content (AvgIpc) is 3.59. The van der Waals surface area contributed by atoms with Crippen LogP contribution in [0.15, 0.2) is 68.6 Å². The minimum Gasteiger partial charge on any atom is -0.339 e. The first-order chi connectivity index (χ1) is 18.1. The van der Waals surface area contributed by atoms with Crippen molar-refractivity contribution < 1.29 is 31.9 Å². The Morgan fingerprint density at radius 2 is 1.97 bits per heavy atom. The maximum atomic E-state index is 12.7. The van der Waals surface area contributed by atoms with E-state index >= 15 is 0 Å². The number of carbonyl (C=O) groups excluding carboxylic acids is 2. The lowest BCUT2D eigenvalue weighted by Gasteiger charge is -2.35. The van der Waals surface area contributed by atoms with E-state index in [1.807, 2.05) is 4.90 Å². The van der Waals surface area contributed by atoms with E-state index in [-0.39, 0.29) is 22.0 Å². The van der Waals surface area contributed by atoms with Gasteiger partial charge < -0.3 is 9.42 Å². The zero-order chi connectivity index (χ0) is 26.7. The number of anilines is 1. The smallest absolute Gasteiger partial charge is 0.339 e. The Bertz CT molecular complexity index is 1440. The summed E-state index contributed by atoms with van der Waals surface area (Å²) in [6.45, 7) is 0.591. The summed E-state index contributed by atoms with van der Waals surface area (Å²) in [4.78, 5) is 36.1. The molecule has 2 fully saturated rings. The van der Waals surface area contributed by atoms with Crippen LogP contribution >= 0.6 is 0 Å². The summed E-state index contributed by atoms with van der Waals surface area (Å²) in [5, 5.41) is 5.19. The number of fused-ring (bicyclic) bond motifs is 2. The molecule has 13 heteroatoms. The molecule has 4 aliphatic heterocycles. The van der Waals surface area contributed by atoms with E-state index < -0.39 is 23.7 Å². The van der Waals surface area contributed by atoms with Crippen LogP contribution in [-0.2, 0) is 11.0 Å². The number of hydrogen-bond acceptors (Lipinski definition) is 7. The highest BCUT2D eigenvalue weighted by Crippen LogP contribution is 2.40. The van der Waals surface area contributed by atoms with Crippen LogP contribution in [0, 0.1) is 5.92 Å². The van der Waals surface area contributed by atoms with Gasteiger partial charge in [-0.25, -0.2) is 0 Å². The molecule has 2 amide bonds. The van der Waals surface area contributed by atoms with Crippen molar-refractivity contribution in [3.63, 3.8) is 0 Å². The number of amides is 2. The summed E-state index contributed by atoms with van der Waals surface area (Å²) < 4.78 is 42.6. The first-order valence-electron chi connectivity index (χ1n) is 12.1. The predicted molar refractivity (Wildman–Crippen MR) is 129 cm³/mol. The van der Waals surface area contributed by atoms with Crippen molar-refractivity contribution in [1.29, 1.82) is 0 Å². The van der Waals surface area contributed by atoms with Crippen molar-refractivity contribution in [2.24, 2.45) is 21.7 Å². The van der Waals surface area contributed by atoms with E-state index in [0.717, 1.165) is 30.7 Å². The number of nitrogens with one attached hydrogen (secondary N) is 1. The van der Waals surface area contributed by atoms with E-state index in [4.69, 9.17) is 10.8 Å². The second kappa shape index (κ2) is 8.74. The molecule has 196 valence electrons. The minimum atomic E-state index is -4.68. The summed E-state index contributed by atoms with van der Waals surface area (Å²) >= 11 is 0. The standard InChI is InChI=1S/C25H22F3N7O3/c26-25(27,28)19-11-20(38-33-19)31-24(37)15-3-1-14(2-4-15)23-32-22(18-12-30-9-10-35(18,23)29)16-5-6-17-7-8-21(36)34(17)13-16/h1-4,9-12,16-17H,5-8,13,29H2/p+1/t16-,17+,35?/m1/s1. The summed E-state index contributed by atoms with van der Waals surface area (Å²) in [5.74, 6) is 6.46. The van der Waals surface area contributed by atoms with Crippen LogP contribution in [0.2, 0.25) is 0 Å². The first-order valence-corrected chi connectivity index (χ1v) is 12.1. The first kappa shape index (κ1) is 24.2. The van der Waals surface area contributed by atoms with Gasteiger partial charge in [0.2, 0.25) is 17.5 Å². The Morgan fingerprint density at radius 3 is 2.71 bits per heavy atom. The number of carbonyl (C=O) groups is 2. The van der Waals surface area contributed by atoms with Crippen molar-refractivity contribution >= 4 is 29.7 Å². The summed E-state index contributed by atoms with van der Waals surface area (Å²) in [7, 11) is 0. The predicted octanol–water partition coefficient (Wildman–Crippen LogP) is 3.56. The highest BCUT2D eigenvalue weighted by molar-refractivity contribution is 6.05. The van der Waals surface area contributed by atoms with E-state index in [2.05, 4.69) is 20.0 Å². The van der Waals surface area contributed by atoms with Crippen molar-refractivity contribution in [1.82, 2.24) is 10.1 Å². The number of nitrogens with zero attached hydrogens (tertiary/aromatic N) is 5. The maximum Gasteiger partial charge on any atom is 0.436 e. The number of alkyl halides is 3. The van der Waals surface area contributed by atoms with Crippen LogP contribution in [0.3, 0.4) is 0 Å². The lowest BCUT2D eigenvalue weighted by atomic mass is 9.90. The largest absolute Gasteiger partial charge is 0.436 e. The molecule has 38 heavy (non-hydrogen) atoms. The van der Waals surface area contributed by atoms with Crippen LogP contribution in [0.4, 0.5) is 19.1 Å². The molecular weight excluding hydrogens is 503 g/mol. The van der Waals surface area contributed by atoms with Crippen molar-refractivity contribution in [3.05, 3.63) is 70.9 Å². The molecule has 3 N–H and O–H groups in total. The maximum absolute atomic E-state index is 12.7. The van der Waals surface area contributed by atoms with Gasteiger partial charge in [-0.1, -0.05) is 5.16 Å². The van der Waals surface area contributed by atoms with Gasteiger partial charge in [0.05, 0.1) is 18.0 Å². The van der Waals surface area contributed by atoms with Gasteiger partial charge in [0.15, 0.2) is 5.69 Å². The zero-order valence-corrected chi connectivity index (χ0v) is 20.0. The zero-order valence-electron chi connectivity index (χ0n) is 20.0. The molecule has 0 saturated carbocycles. The molecule has 1 unspecified atom stereocenters. The number of amidine groups is 1. The summed E-state index contributed by atoms with van der Waals surface area (Å²) in [6.07, 6.45) is 3.60. The number of piperidine rings is 1. The van der Waals surface area contributed by atoms with Crippen molar-refractivity contribution in [2.75, 3.05) is 11.9 Å². The SMILES string of the molecule is N[N+]12C=CN=CC1=C([C@@H]1CC[C@H]3CCC(=O)N3C1)N=C2c1ccc(C(=O)Nc2cc(C(F)(F)F)no2)cc1. The van der Waals surface area contributed by atoms with Gasteiger partial charge >= 0.3 is 6.18 Å². The molecule has 0 bridgehead atoms. The molecule has 0 aliphatic carbocycles. The Labute approximate surface area is 214 Å². The Balaban J connectivity index is 1.24. The van der Waals surface area contributed by atoms with Gasteiger partial charge in [-0.2, -0.15) is 24.0 Å². The number of benzene rings is 1. The van der Waals surface area contributed by atoms with Crippen molar-refractivity contribution in [2.45, 2.75) is 37.9 Å². The molecule has 5 heterocycles. The lowest BCUT2D eigenvalue weighted by molar-refractivity contribution is -0.750. The van der Waals surface area contributed by atoms with Crippen LogP contribution in [-0.4, -0.2) is 51.1 Å². The highest BCUT2D eigenvalue weighted by atomic mass is 19.4. The molecule has 1 aromatic carbocycles. The van der Waals surface area contributed by atoms with E-state index in [1.165, 1.54) is 12.1 Å². The molecule has 3 atom stereocenters. The second-order valence-corrected chi connectivity index (χ2v) is 9.68. The van der Waals surface area contributed by atoms with Gasteiger partial charge in [0.25, 0.3) is 11.7 Å². The molecular formula is C25H23F3N7O3+. The van der Waals surface area contributed by atoms with E-state index in [9.17, 15) is 22.8 Å². The fourth-order valence-corrected chi connectivity index (χ4v) is 5.42. The third-order valence-electron chi connectivity index (χ3n) is 7.37. The molecule has 0 radical (unpaired) electrons. The fraction of sp³-hybridized carbons (Fsp3) is 0.320. The molecule has 0 spiro atoms. The van der Waals surface area contributed by atoms with Gasteiger partial charge in [-0.3, -0.25) is 19.9 Å². The number of quaternary nitrogens is 1. The third-order valence-corrected chi connectivity index (χ3v) is 7.37. The second-order valence-electron chi connectivity index (χ2n) is 9.68. The minimum absolute atomic E-state index is 0.0216. The third kappa shape index (κ3) is 4.03. The van der Waals surface area contributed by atoms with Crippen LogP contribution in [0.1, 0.15) is 47.3 Å². The number of hydrogen-bond donors (Lipinski definition) is 2. The Morgan fingerprint density at radius 1 is 1.18 bits per heavy atom. The van der Waals surface area contributed by atoms with Crippen LogP contribution < -0.4 is 11.2 Å².